The van der Waals surface area contributed by atoms with E-state index in [1.54, 1.807) is 59.6 Å². The van der Waals surface area contributed by atoms with E-state index in [0.29, 0.717) is 49.4 Å². The van der Waals surface area contributed by atoms with Crippen LogP contribution in [-0.4, -0.2) is 55.3 Å². The molecule has 0 radical (unpaired) electrons. The van der Waals surface area contributed by atoms with Crippen LogP contribution < -0.4 is 0 Å². The smallest absolute Gasteiger partial charge is 0.253 e. The summed E-state index contributed by atoms with van der Waals surface area (Å²) in [4.78, 5) is 21.4. The lowest BCUT2D eigenvalue weighted by Gasteiger charge is -2.34. The van der Waals surface area contributed by atoms with Crippen LogP contribution in [0.5, 0.6) is 0 Å². The number of piperazine rings is 1. The number of carbonyl (C=O) groups is 1. The molecule has 2 heterocycles. The maximum absolute atomic E-state index is 13.7. The van der Waals surface area contributed by atoms with Gasteiger partial charge in [-0.3, -0.25) is 14.7 Å². The standard InChI is InChI=1S/C28H25ClFN3O3S/c29-24-11-8-21(17-25(24)30)18-32-13-15-33(16-14-32)28(34)23-9-6-20(7-10-23)19-37(35,36)26-5-1-3-22-4-2-12-31-27(22)26/h1-12,17H,13-16,18-19H2. The van der Waals surface area contributed by atoms with Gasteiger partial charge in [0.05, 0.1) is 21.2 Å². The van der Waals surface area contributed by atoms with Crippen molar-refractivity contribution >= 4 is 38.2 Å². The Hall–Kier alpha value is -3.33. The van der Waals surface area contributed by atoms with Crippen molar-refractivity contribution < 1.29 is 17.6 Å². The number of benzene rings is 3. The van der Waals surface area contributed by atoms with Crippen LogP contribution in [-0.2, 0) is 22.1 Å². The summed E-state index contributed by atoms with van der Waals surface area (Å²) in [6, 6.07) is 20.3. The summed E-state index contributed by atoms with van der Waals surface area (Å²) in [5.74, 6) is -0.705. The molecule has 0 N–H and O–H groups in total. The van der Waals surface area contributed by atoms with E-state index in [1.165, 1.54) is 6.07 Å². The van der Waals surface area contributed by atoms with Crippen molar-refractivity contribution in [3.8, 4) is 0 Å². The van der Waals surface area contributed by atoms with Gasteiger partial charge < -0.3 is 4.90 Å². The molecule has 0 bridgehead atoms. The number of sulfone groups is 1. The molecule has 4 aromatic rings. The molecular formula is C28H25ClFN3O3S. The zero-order valence-electron chi connectivity index (χ0n) is 20.0. The van der Waals surface area contributed by atoms with Gasteiger partial charge in [0.25, 0.3) is 5.91 Å². The minimum absolute atomic E-state index is 0.0927. The van der Waals surface area contributed by atoms with Crippen molar-refractivity contribution in [2.45, 2.75) is 17.2 Å². The van der Waals surface area contributed by atoms with E-state index >= 15 is 0 Å². The van der Waals surface area contributed by atoms with Crippen LogP contribution in [0, 0.1) is 5.82 Å². The minimum atomic E-state index is -3.62. The summed E-state index contributed by atoms with van der Waals surface area (Å²) in [6.45, 7) is 3.04. The van der Waals surface area contributed by atoms with Gasteiger partial charge in [0.1, 0.15) is 5.82 Å². The first-order valence-electron chi connectivity index (χ1n) is 11.9. The van der Waals surface area contributed by atoms with Gasteiger partial charge in [-0.25, -0.2) is 12.8 Å². The first-order valence-corrected chi connectivity index (χ1v) is 13.9. The molecule has 0 unspecified atom stereocenters. The fourth-order valence-corrected chi connectivity index (χ4v) is 6.21. The predicted molar refractivity (Wildman–Crippen MR) is 142 cm³/mol. The molecule has 1 aliphatic heterocycles. The number of amides is 1. The molecule has 37 heavy (non-hydrogen) atoms. The number of rotatable bonds is 6. The molecule has 190 valence electrons. The fraction of sp³-hybridized carbons (Fsp3) is 0.214. The Morgan fingerprint density at radius 3 is 2.35 bits per heavy atom. The van der Waals surface area contributed by atoms with Crippen LogP contribution in [0.2, 0.25) is 5.02 Å². The highest BCUT2D eigenvalue weighted by Crippen LogP contribution is 2.24. The highest BCUT2D eigenvalue weighted by atomic mass is 35.5. The summed E-state index contributed by atoms with van der Waals surface area (Å²) in [7, 11) is -3.62. The van der Waals surface area contributed by atoms with E-state index in [9.17, 15) is 17.6 Å². The number of nitrogens with zero attached hydrogens (tertiary/aromatic N) is 3. The maximum Gasteiger partial charge on any atom is 0.253 e. The highest BCUT2D eigenvalue weighted by Gasteiger charge is 2.23. The molecule has 1 aromatic heterocycles. The predicted octanol–water partition coefficient (Wildman–Crippen LogP) is 4.96. The molecule has 0 atom stereocenters. The van der Waals surface area contributed by atoms with Crippen LogP contribution in [0.1, 0.15) is 21.5 Å². The maximum atomic E-state index is 13.7. The van der Waals surface area contributed by atoms with Crippen molar-refractivity contribution in [1.82, 2.24) is 14.8 Å². The summed E-state index contributed by atoms with van der Waals surface area (Å²) in [5.41, 5.74) is 2.41. The van der Waals surface area contributed by atoms with Gasteiger partial charge in [0.15, 0.2) is 9.84 Å². The number of halogens is 2. The molecule has 1 amide bonds. The molecule has 1 saturated heterocycles. The molecule has 1 fully saturated rings. The first-order chi connectivity index (χ1) is 17.8. The van der Waals surface area contributed by atoms with Crippen LogP contribution in [0.3, 0.4) is 0 Å². The lowest BCUT2D eigenvalue weighted by atomic mass is 10.1. The summed E-state index contributed by atoms with van der Waals surface area (Å²) >= 11 is 5.76. The Bertz CT molecular complexity index is 1550. The topological polar surface area (TPSA) is 70.6 Å². The Morgan fingerprint density at radius 2 is 1.62 bits per heavy atom. The monoisotopic (exact) mass is 537 g/mol. The molecule has 0 aliphatic carbocycles. The summed E-state index contributed by atoms with van der Waals surface area (Å²) in [6.07, 6.45) is 1.58. The molecule has 6 nitrogen and oxygen atoms in total. The number of para-hydroxylation sites is 1. The average Bonchev–Trinajstić information content (AvgIpc) is 2.91. The molecule has 9 heteroatoms. The van der Waals surface area contributed by atoms with E-state index in [4.69, 9.17) is 11.6 Å². The molecular weight excluding hydrogens is 513 g/mol. The SMILES string of the molecule is O=C(c1ccc(CS(=O)(=O)c2cccc3cccnc23)cc1)N1CCN(Cc2ccc(Cl)c(F)c2)CC1. The first kappa shape index (κ1) is 25.3. The van der Waals surface area contributed by atoms with Crippen molar-refractivity contribution in [2.75, 3.05) is 26.2 Å². The van der Waals surface area contributed by atoms with Gasteiger partial charge in [-0.2, -0.15) is 0 Å². The van der Waals surface area contributed by atoms with Crippen molar-refractivity contribution in [1.29, 1.82) is 0 Å². The van der Waals surface area contributed by atoms with E-state index in [-0.39, 0.29) is 21.6 Å². The van der Waals surface area contributed by atoms with Gasteiger partial charge in [0.2, 0.25) is 0 Å². The Balaban J connectivity index is 1.21. The molecule has 0 saturated carbocycles. The Labute approximate surface area is 220 Å². The Morgan fingerprint density at radius 1 is 0.919 bits per heavy atom. The molecule has 0 spiro atoms. The number of aromatic nitrogens is 1. The second-order valence-electron chi connectivity index (χ2n) is 9.10. The third-order valence-electron chi connectivity index (χ3n) is 6.54. The second-order valence-corrected chi connectivity index (χ2v) is 11.5. The van der Waals surface area contributed by atoms with E-state index in [2.05, 4.69) is 9.88 Å². The summed E-state index contributed by atoms with van der Waals surface area (Å²) in [5, 5.41) is 0.873. The van der Waals surface area contributed by atoms with Crippen LogP contribution in [0.15, 0.2) is 83.9 Å². The zero-order valence-corrected chi connectivity index (χ0v) is 21.6. The van der Waals surface area contributed by atoms with Gasteiger partial charge in [-0.1, -0.05) is 48.0 Å². The summed E-state index contributed by atoms with van der Waals surface area (Å²) < 4.78 is 40.0. The van der Waals surface area contributed by atoms with E-state index in [1.807, 2.05) is 18.2 Å². The lowest BCUT2D eigenvalue weighted by molar-refractivity contribution is 0.0628. The number of carbonyl (C=O) groups excluding carboxylic acids is 1. The third kappa shape index (κ3) is 5.66. The number of fused-ring (bicyclic) bond motifs is 1. The van der Waals surface area contributed by atoms with Gasteiger partial charge in [0, 0.05) is 49.9 Å². The fourth-order valence-electron chi connectivity index (χ4n) is 4.56. The molecule has 3 aromatic carbocycles. The van der Waals surface area contributed by atoms with Gasteiger partial charge in [-0.05, 0) is 47.5 Å². The average molecular weight is 538 g/mol. The zero-order chi connectivity index (χ0) is 26.0. The quantitative estimate of drug-likeness (QED) is 0.348. The molecule has 5 rings (SSSR count). The molecule has 1 aliphatic rings. The van der Waals surface area contributed by atoms with Crippen LogP contribution in [0.25, 0.3) is 10.9 Å². The van der Waals surface area contributed by atoms with Gasteiger partial charge in [-0.15, -0.1) is 0 Å². The number of pyridine rings is 1. The van der Waals surface area contributed by atoms with Crippen molar-refractivity contribution in [2.24, 2.45) is 0 Å². The third-order valence-corrected chi connectivity index (χ3v) is 8.56. The van der Waals surface area contributed by atoms with E-state index < -0.39 is 15.7 Å². The normalized spacial score (nSPS) is 14.7. The number of hydrogen-bond donors (Lipinski definition) is 0. The second kappa shape index (κ2) is 10.6. The van der Waals surface area contributed by atoms with Crippen LogP contribution >= 0.6 is 11.6 Å². The van der Waals surface area contributed by atoms with Crippen LogP contribution in [0.4, 0.5) is 4.39 Å². The van der Waals surface area contributed by atoms with Crippen molar-refractivity contribution in [3.63, 3.8) is 0 Å². The van der Waals surface area contributed by atoms with Gasteiger partial charge >= 0.3 is 0 Å². The number of hydrogen-bond acceptors (Lipinski definition) is 5. The highest BCUT2D eigenvalue weighted by molar-refractivity contribution is 7.90. The van der Waals surface area contributed by atoms with Crippen molar-refractivity contribution in [3.05, 3.63) is 107 Å². The lowest BCUT2D eigenvalue weighted by Crippen LogP contribution is -2.48. The Kier molecular flexibility index (Phi) is 7.24. The minimum Gasteiger partial charge on any atom is -0.336 e. The van der Waals surface area contributed by atoms with E-state index in [0.717, 1.165) is 10.9 Å². The largest absolute Gasteiger partial charge is 0.336 e.